The van der Waals surface area contributed by atoms with Crippen molar-refractivity contribution in [3.63, 3.8) is 0 Å². The fraction of sp³-hybridized carbons (Fsp3) is 0.321. The van der Waals surface area contributed by atoms with E-state index in [1.54, 1.807) is 0 Å². The maximum absolute atomic E-state index is 14.7. The van der Waals surface area contributed by atoms with E-state index in [-0.39, 0.29) is 5.92 Å². The van der Waals surface area contributed by atoms with Crippen molar-refractivity contribution in [2.24, 2.45) is 0 Å². The summed E-state index contributed by atoms with van der Waals surface area (Å²) in [5.41, 5.74) is 2.06. The molecular weight excluding hydrogens is 463 g/mol. The van der Waals surface area contributed by atoms with Crippen molar-refractivity contribution in [1.82, 2.24) is 0 Å². The molecular formula is C28H25F5O2. The van der Waals surface area contributed by atoms with Gasteiger partial charge in [-0.3, -0.25) is 0 Å². The van der Waals surface area contributed by atoms with Gasteiger partial charge in [0, 0.05) is 12.1 Å². The molecule has 1 aliphatic rings. The zero-order valence-corrected chi connectivity index (χ0v) is 19.2. The van der Waals surface area contributed by atoms with Crippen LogP contribution >= 0.6 is 0 Å². The molecule has 1 aliphatic carbocycles. The van der Waals surface area contributed by atoms with Crippen molar-refractivity contribution in [2.45, 2.75) is 57.3 Å². The first-order valence-electron chi connectivity index (χ1n) is 11.7. The van der Waals surface area contributed by atoms with Crippen LogP contribution in [0.5, 0.6) is 5.75 Å². The lowest BCUT2D eigenvalue weighted by molar-refractivity contribution is 0.0723. The van der Waals surface area contributed by atoms with Gasteiger partial charge in [-0.15, -0.1) is 0 Å². The minimum absolute atomic E-state index is 0.0556. The Labute approximate surface area is 200 Å². The molecule has 0 spiro atoms. The Kier molecular flexibility index (Phi) is 7.53. The molecule has 0 radical (unpaired) electrons. The zero-order valence-electron chi connectivity index (χ0n) is 19.2. The first-order chi connectivity index (χ1) is 16.8. The van der Waals surface area contributed by atoms with Crippen LogP contribution in [-0.2, 0) is 6.42 Å². The van der Waals surface area contributed by atoms with E-state index in [0.717, 1.165) is 50.7 Å². The van der Waals surface area contributed by atoms with Crippen LogP contribution in [0.3, 0.4) is 0 Å². The van der Waals surface area contributed by atoms with Gasteiger partial charge in [0.25, 0.3) is 0 Å². The fourth-order valence-electron chi connectivity index (χ4n) is 4.78. The van der Waals surface area contributed by atoms with Gasteiger partial charge in [0.1, 0.15) is 22.9 Å². The van der Waals surface area contributed by atoms with Crippen LogP contribution in [0.4, 0.5) is 22.0 Å². The number of halogens is 5. The third kappa shape index (κ3) is 5.55. The Morgan fingerprint density at radius 2 is 1.29 bits per heavy atom. The summed E-state index contributed by atoms with van der Waals surface area (Å²) < 4.78 is 73.9. The summed E-state index contributed by atoms with van der Waals surface area (Å²) in [6.45, 7) is 2.14. The number of hydrogen-bond acceptors (Lipinski definition) is 2. The molecule has 3 aromatic carbocycles. The molecule has 35 heavy (non-hydrogen) atoms. The molecule has 0 amide bonds. The predicted molar refractivity (Wildman–Crippen MR) is 122 cm³/mol. The lowest BCUT2D eigenvalue weighted by Crippen LogP contribution is -2.16. The van der Waals surface area contributed by atoms with Crippen LogP contribution in [0.25, 0.3) is 0 Å². The lowest BCUT2D eigenvalue weighted by Gasteiger charge is -2.29. The second-order valence-electron chi connectivity index (χ2n) is 8.99. The number of rotatable bonds is 6. The van der Waals surface area contributed by atoms with Gasteiger partial charge < -0.3 is 4.74 Å². The third-order valence-electron chi connectivity index (χ3n) is 6.62. The highest BCUT2D eigenvalue weighted by atomic mass is 19.2. The second-order valence-corrected chi connectivity index (χ2v) is 8.99. The summed E-state index contributed by atoms with van der Waals surface area (Å²) in [6.07, 6.45) is 5.40. The molecule has 2 nitrogen and oxygen atoms in total. The van der Waals surface area contributed by atoms with Crippen LogP contribution < -0.4 is 4.74 Å². The Bertz CT molecular complexity index is 1170. The summed E-state index contributed by atoms with van der Waals surface area (Å²) in [5.74, 6) is -8.99. The van der Waals surface area contributed by atoms with Crippen molar-refractivity contribution >= 4 is 5.97 Å². The Hall–Kier alpha value is -3.22. The molecule has 184 valence electrons. The standard InChI is InChI=1S/C28H25F5O2/c1-2-3-16-4-6-17(7-5-16)18-8-10-19(11-9-18)20-12-22(29)26(23(30)13-20)28(34)35-21-14-24(31)27(33)25(32)15-21/h4-7,12-15,18-19H,2-3,8-11H2,1H3. The van der Waals surface area contributed by atoms with Crippen LogP contribution in [0.15, 0.2) is 48.5 Å². The third-order valence-corrected chi connectivity index (χ3v) is 6.62. The first kappa shape index (κ1) is 24.9. The summed E-state index contributed by atoms with van der Waals surface area (Å²) in [7, 11) is 0. The van der Waals surface area contributed by atoms with E-state index in [1.807, 2.05) is 0 Å². The Morgan fingerprint density at radius 3 is 1.80 bits per heavy atom. The molecule has 0 heterocycles. The predicted octanol–water partition coefficient (Wildman–Crippen LogP) is 8.00. The number of ether oxygens (including phenoxy) is 1. The molecule has 0 saturated heterocycles. The summed E-state index contributed by atoms with van der Waals surface area (Å²) >= 11 is 0. The topological polar surface area (TPSA) is 26.3 Å². The van der Waals surface area contributed by atoms with E-state index < -0.39 is 46.4 Å². The van der Waals surface area contributed by atoms with E-state index in [0.29, 0.717) is 23.6 Å². The van der Waals surface area contributed by atoms with Crippen LogP contribution in [0.1, 0.15) is 77.9 Å². The molecule has 0 N–H and O–H groups in total. The number of aryl methyl sites for hydroxylation is 1. The van der Waals surface area contributed by atoms with Gasteiger partial charge in [-0.1, -0.05) is 37.6 Å². The average Bonchev–Trinajstić information content (AvgIpc) is 2.83. The normalized spacial score (nSPS) is 17.9. The molecule has 7 heteroatoms. The van der Waals surface area contributed by atoms with Gasteiger partial charge in [-0.2, -0.15) is 0 Å². The Morgan fingerprint density at radius 1 is 0.771 bits per heavy atom. The van der Waals surface area contributed by atoms with Gasteiger partial charge in [-0.05, 0) is 72.8 Å². The van der Waals surface area contributed by atoms with E-state index >= 15 is 0 Å². The van der Waals surface area contributed by atoms with Crippen LogP contribution in [0, 0.1) is 29.1 Å². The highest BCUT2D eigenvalue weighted by Crippen LogP contribution is 2.41. The van der Waals surface area contributed by atoms with Gasteiger partial charge in [0.05, 0.1) is 0 Å². The average molecular weight is 488 g/mol. The minimum Gasteiger partial charge on any atom is -0.423 e. The smallest absolute Gasteiger partial charge is 0.349 e. The largest absolute Gasteiger partial charge is 0.423 e. The molecule has 3 aromatic rings. The van der Waals surface area contributed by atoms with Crippen molar-refractivity contribution in [1.29, 1.82) is 0 Å². The molecule has 0 bridgehead atoms. The quantitative estimate of drug-likeness (QED) is 0.152. The van der Waals surface area contributed by atoms with Gasteiger partial charge in [0.2, 0.25) is 0 Å². The van der Waals surface area contributed by atoms with E-state index in [9.17, 15) is 26.7 Å². The van der Waals surface area contributed by atoms with Crippen molar-refractivity contribution in [3.05, 3.63) is 99.9 Å². The van der Waals surface area contributed by atoms with E-state index in [2.05, 4.69) is 35.9 Å². The number of carbonyl (C=O) groups is 1. The molecule has 0 unspecified atom stereocenters. The highest BCUT2D eigenvalue weighted by molar-refractivity contribution is 5.91. The number of esters is 1. The number of benzene rings is 3. The highest BCUT2D eigenvalue weighted by Gasteiger charge is 2.27. The maximum Gasteiger partial charge on any atom is 0.349 e. The molecule has 1 fully saturated rings. The minimum atomic E-state index is -1.74. The van der Waals surface area contributed by atoms with Gasteiger partial charge >= 0.3 is 5.97 Å². The molecule has 0 atom stereocenters. The number of carbonyl (C=O) groups excluding carboxylic acids is 1. The lowest BCUT2D eigenvalue weighted by atomic mass is 9.76. The number of hydrogen-bond donors (Lipinski definition) is 0. The maximum atomic E-state index is 14.7. The zero-order chi connectivity index (χ0) is 25.1. The summed E-state index contributed by atoms with van der Waals surface area (Å²) in [5, 5.41) is 0. The van der Waals surface area contributed by atoms with Crippen molar-refractivity contribution in [3.8, 4) is 5.75 Å². The SMILES string of the molecule is CCCc1ccc(C2CCC(c3cc(F)c(C(=O)Oc4cc(F)c(F)c(F)c4)c(F)c3)CC2)cc1. The Balaban J connectivity index is 1.44. The molecule has 1 saturated carbocycles. The van der Waals surface area contributed by atoms with Crippen molar-refractivity contribution in [2.75, 3.05) is 0 Å². The van der Waals surface area contributed by atoms with E-state index in [4.69, 9.17) is 0 Å². The van der Waals surface area contributed by atoms with Gasteiger partial charge in [0.15, 0.2) is 17.5 Å². The second kappa shape index (κ2) is 10.6. The molecule has 0 aromatic heterocycles. The van der Waals surface area contributed by atoms with Crippen LogP contribution in [-0.4, -0.2) is 5.97 Å². The summed E-state index contributed by atoms with van der Waals surface area (Å²) in [6, 6.07) is 11.7. The molecule has 0 aliphatic heterocycles. The summed E-state index contributed by atoms with van der Waals surface area (Å²) in [4.78, 5) is 12.3. The van der Waals surface area contributed by atoms with Crippen LogP contribution in [0.2, 0.25) is 0 Å². The monoisotopic (exact) mass is 488 g/mol. The fourth-order valence-corrected chi connectivity index (χ4v) is 4.78. The first-order valence-corrected chi connectivity index (χ1v) is 11.7. The van der Waals surface area contributed by atoms with E-state index in [1.165, 1.54) is 11.1 Å². The van der Waals surface area contributed by atoms with Gasteiger partial charge in [-0.25, -0.2) is 26.7 Å². The van der Waals surface area contributed by atoms with Crippen molar-refractivity contribution < 1.29 is 31.5 Å². The molecule has 4 rings (SSSR count).